The molecule has 3 N–H and O–H groups in total. The van der Waals surface area contributed by atoms with Crippen LogP contribution in [0.4, 0.5) is 0 Å². The van der Waals surface area contributed by atoms with Gasteiger partial charge in [0.2, 0.25) is 0 Å². The molecule has 0 rings (SSSR count). The van der Waals surface area contributed by atoms with Crippen LogP contribution in [-0.2, 0) is 4.79 Å². The highest BCUT2D eigenvalue weighted by Gasteiger charge is 2.20. The molecule has 4 heteroatoms. The van der Waals surface area contributed by atoms with Gasteiger partial charge < -0.3 is 15.3 Å². The Labute approximate surface area is 59.1 Å². The molecule has 0 saturated carbocycles. The summed E-state index contributed by atoms with van der Waals surface area (Å²) in [4.78, 5) is 10.6. The van der Waals surface area contributed by atoms with Crippen molar-refractivity contribution in [3.8, 4) is 0 Å². The summed E-state index contributed by atoms with van der Waals surface area (Å²) in [5, 5.41) is 25.7. The maximum absolute atomic E-state index is 10.6. The first-order valence-corrected chi connectivity index (χ1v) is 3.14. The highest BCUT2D eigenvalue weighted by molar-refractivity contribution is 5.86. The largest absolute Gasteiger partial charge is 0.393 e. The minimum Gasteiger partial charge on any atom is -0.393 e. The van der Waals surface area contributed by atoms with E-state index in [1.807, 2.05) is 0 Å². The number of aliphatic hydroxyl groups excluding tert-OH is 3. The Bertz CT molecular complexity index is 100. The van der Waals surface area contributed by atoms with Gasteiger partial charge in [-0.3, -0.25) is 4.79 Å². The SMILES string of the molecule is CCC(O)C(=O)C(O)CO. The van der Waals surface area contributed by atoms with Crippen LogP contribution < -0.4 is 0 Å². The highest BCUT2D eigenvalue weighted by Crippen LogP contribution is 1.95. The molecule has 2 atom stereocenters. The third-order valence-corrected chi connectivity index (χ3v) is 1.22. The second-order valence-electron chi connectivity index (χ2n) is 2.02. The van der Waals surface area contributed by atoms with Gasteiger partial charge in [-0.15, -0.1) is 0 Å². The third-order valence-electron chi connectivity index (χ3n) is 1.22. The fourth-order valence-corrected chi connectivity index (χ4v) is 0.513. The van der Waals surface area contributed by atoms with Gasteiger partial charge in [-0.1, -0.05) is 6.92 Å². The van der Waals surface area contributed by atoms with E-state index < -0.39 is 24.6 Å². The minimum atomic E-state index is -1.44. The summed E-state index contributed by atoms with van der Waals surface area (Å²) < 4.78 is 0. The van der Waals surface area contributed by atoms with E-state index in [2.05, 4.69) is 0 Å². The zero-order chi connectivity index (χ0) is 8.15. The zero-order valence-electron chi connectivity index (χ0n) is 5.82. The molecule has 0 heterocycles. The molecule has 60 valence electrons. The minimum absolute atomic E-state index is 0.260. The average Bonchev–Trinajstić information content (AvgIpc) is 2.00. The van der Waals surface area contributed by atoms with Crippen LogP contribution in [0.25, 0.3) is 0 Å². The average molecular weight is 148 g/mol. The maximum Gasteiger partial charge on any atom is 0.191 e. The zero-order valence-corrected chi connectivity index (χ0v) is 5.82. The van der Waals surface area contributed by atoms with Gasteiger partial charge in [0.25, 0.3) is 0 Å². The Morgan fingerprint density at radius 3 is 2.20 bits per heavy atom. The molecule has 0 fully saturated rings. The van der Waals surface area contributed by atoms with Crippen molar-refractivity contribution in [3.63, 3.8) is 0 Å². The quantitative estimate of drug-likeness (QED) is 0.462. The number of hydrogen-bond acceptors (Lipinski definition) is 4. The highest BCUT2D eigenvalue weighted by atomic mass is 16.3. The van der Waals surface area contributed by atoms with Crippen molar-refractivity contribution in [2.75, 3.05) is 6.61 Å². The third kappa shape index (κ3) is 2.43. The van der Waals surface area contributed by atoms with Crippen molar-refractivity contribution in [1.29, 1.82) is 0 Å². The predicted octanol–water partition coefficient (Wildman–Crippen LogP) is -1.32. The van der Waals surface area contributed by atoms with Gasteiger partial charge >= 0.3 is 0 Å². The summed E-state index contributed by atoms with van der Waals surface area (Å²) in [5.41, 5.74) is 0. The fraction of sp³-hybridized carbons (Fsp3) is 0.833. The summed E-state index contributed by atoms with van der Waals surface area (Å²) in [5.74, 6) is -0.718. The van der Waals surface area contributed by atoms with Crippen LogP contribution in [0.2, 0.25) is 0 Å². The van der Waals surface area contributed by atoms with E-state index in [-0.39, 0.29) is 6.42 Å². The molecule has 0 aromatic carbocycles. The van der Waals surface area contributed by atoms with E-state index >= 15 is 0 Å². The number of aliphatic hydroxyl groups is 3. The molecule has 10 heavy (non-hydrogen) atoms. The van der Waals surface area contributed by atoms with Crippen LogP contribution >= 0.6 is 0 Å². The molecule has 0 aromatic heterocycles. The normalized spacial score (nSPS) is 16.4. The number of carbonyl (C=O) groups is 1. The van der Waals surface area contributed by atoms with E-state index in [1.54, 1.807) is 6.92 Å². The van der Waals surface area contributed by atoms with Crippen LogP contribution in [0, 0.1) is 0 Å². The Balaban J connectivity index is 3.82. The number of rotatable bonds is 4. The van der Waals surface area contributed by atoms with Gasteiger partial charge in [0.1, 0.15) is 12.2 Å². The summed E-state index contributed by atoms with van der Waals surface area (Å²) >= 11 is 0. The van der Waals surface area contributed by atoms with Crippen LogP contribution in [-0.4, -0.2) is 39.9 Å². The Morgan fingerprint density at radius 1 is 1.40 bits per heavy atom. The van der Waals surface area contributed by atoms with E-state index in [4.69, 9.17) is 15.3 Å². The summed E-state index contributed by atoms with van der Waals surface area (Å²) in [6.45, 7) is 0.989. The fourth-order valence-electron chi connectivity index (χ4n) is 0.513. The topological polar surface area (TPSA) is 77.8 Å². The summed E-state index contributed by atoms with van der Waals surface area (Å²) in [7, 11) is 0. The molecule has 0 spiro atoms. The monoisotopic (exact) mass is 148 g/mol. The second-order valence-corrected chi connectivity index (χ2v) is 2.02. The molecular formula is C6H12O4. The van der Waals surface area contributed by atoms with Crippen molar-refractivity contribution in [1.82, 2.24) is 0 Å². The lowest BCUT2D eigenvalue weighted by atomic mass is 10.1. The van der Waals surface area contributed by atoms with Crippen molar-refractivity contribution < 1.29 is 20.1 Å². The van der Waals surface area contributed by atoms with Gasteiger partial charge in [0.05, 0.1) is 6.61 Å². The van der Waals surface area contributed by atoms with Crippen molar-refractivity contribution in [2.45, 2.75) is 25.6 Å². The number of hydrogen-bond donors (Lipinski definition) is 3. The lowest BCUT2D eigenvalue weighted by Crippen LogP contribution is -2.33. The molecule has 0 aliphatic carbocycles. The molecule has 2 unspecified atom stereocenters. The van der Waals surface area contributed by atoms with E-state index in [9.17, 15) is 4.79 Å². The van der Waals surface area contributed by atoms with E-state index in [0.29, 0.717) is 0 Å². The Morgan fingerprint density at radius 2 is 1.90 bits per heavy atom. The molecular weight excluding hydrogens is 136 g/mol. The summed E-state index contributed by atoms with van der Waals surface area (Å²) in [6.07, 6.45) is -2.33. The van der Waals surface area contributed by atoms with Gasteiger partial charge in [-0.2, -0.15) is 0 Å². The van der Waals surface area contributed by atoms with Crippen LogP contribution in [0.15, 0.2) is 0 Å². The van der Waals surface area contributed by atoms with Crippen LogP contribution in [0.5, 0.6) is 0 Å². The van der Waals surface area contributed by atoms with Gasteiger partial charge in [0, 0.05) is 0 Å². The van der Waals surface area contributed by atoms with Crippen LogP contribution in [0.1, 0.15) is 13.3 Å². The van der Waals surface area contributed by atoms with Gasteiger partial charge in [-0.05, 0) is 6.42 Å². The van der Waals surface area contributed by atoms with Gasteiger partial charge in [-0.25, -0.2) is 0 Å². The maximum atomic E-state index is 10.6. The lowest BCUT2D eigenvalue weighted by molar-refractivity contribution is -0.137. The first-order valence-electron chi connectivity index (χ1n) is 3.14. The molecule has 0 bridgehead atoms. The first kappa shape index (κ1) is 9.55. The second kappa shape index (κ2) is 4.38. The standard InChI is InChI=1S/C6H12O4/c1-2-4(8)6(10)5(9)3-7/h4-5,7-9H,2-3H2,1H3. The smallest absolute Gasteiger partial charge is 0.191 e. The van der Waals surface area contributed by atoms with Crippen molar-refractivity contribution in [2.24, 2.45) is 0 Å². The van der Waals surface area contributed by atoms with Crippen LogP contribution in [0.3, 0.4) is 0 Å². The Kier molecular flexibility index (Phi) is 4.18. The lowest BCUT2D eigenvalue weighted by Gasteiger charge is -2.09. The molecule has 4 nitrogen and oxygen atoms in total. The molecule has 0 aliphatic heterocycles. The number of Topliss-reactive ketones (excluding diaryl/α,β-unsaturated/α-hetero) is 1. The van der Waals surface area contributed by atoms with Crippen molar-refractivity contribution >= 4 is 5.78 Å². The Hall–Kier alpha value is -0.450. The summed E-state index contributed by atoms with van der Waals surface area (Å²) in [6, 6.07) is 0. The van der Waals surface area contributed by atoms with Crippen molar-refractivity contribution in [3.05, 3.63) is 0 Å². The molecule has 0 aliphatic rings. The molecule has 0 radical (unpaired) electrons. The molecule has 0 aromatic rings. The van der Waals surface area contributed by atoms with E-state index in [1.165, 1.54) is 0 Å². The first-order chi connectivity index (χ1) is 4.63. The molecule has 0 amide bonds. The van der Waals surface area contributed by atoms with E-state index in [0.717, 1.165) is 0 Å². The molecule has 0 saturated heterocycles. The number of ketones is 1. The van der Waals surface area contributed by atoms with Gasteiger partial charge in [0.15, 0.2) is 5.78 Å². The number of carbonyl (C=O) groups excluding carboxylic acids is 1. The predicted molar refractivity (Wildman–Crippen MR) is 34.4 cm³/mol.